The monoisotopic (exact) mass is 503 g/mol. The number of nitrogens with zero attached hydrogens (tertiary/aromatic N) is 3. The Labute approximate surface area is 212 Å². The van der Waals surface area contributed by atoms with Gasteiger partial charge in [0.15, 0.2) is 5.11 Å². The summed E-state index contributed by atoms with van der Waals surface area (Å²) in [5.74, 6) is -0.885. The Morgan fingerprint density at radius 2 is 1.69 bits per heavy atom. The van der Waals surface area contributed by atoms with Crippen LogP contribution in [-0.2, 0) is 4.79 Å². The smallest absolute Gasteiger partial charge is 0.226 e. The molecule has 0 spiro atoms. The summed E-state index contributed by atoms with van der Waals surface area (Å²) >= 11 is 5.70. The minimum atomic E-state index is -0.367. The molecule has 182 valence electrons. The third-order valence-electron chi connectivity index (χ3n) is 6.09. The van der Waals surface area contributed by atoms with Gasteiger partial charge in [0, 0.05) is 42.4 Å². The van der Waals surface area contributed by atoms with E-state index in [0.717, 1.165) is 17.1 Å². The van der Waals surface area contributed by atoms with Crippen molar-refractivity contribution in [2.45, 2.75) is 18.5 Å². The van der Waals surface area contributed by atoms with Crippen LogP contribution in [0.1, 0.15) is 29.9 Å². The van der Waals surface area contributed by atoms with Crippen LogP contribution in [-0.4, -0.2) is 32.0 Å². The van der Waals surface area contributed by atoms with E-state index in [1.807, 2.05) is 46.0 Å². The highest BCUT2D eigenvalue weighted by Gasteiger charge is 2.41. The normalized spacial score (nSPS) is 17.2. The van der Waals surface area contributed by atoms with Crippen LogP contribution in [0.15, 0.2) is 91.3 Å². The minimum absolute atomic E-state index is 0.169. The van der Waals surface area contributed by atoms with Crippen molar-refractivity contribution in [3.05, 3.63) is 114 Å². The Morgan fingerprint density at radius 1 is 0.972 bits per heavy atom. The topological polar surface area (TPSA) is 62.2 Å². The van der Waals surface area contributed by atoms with Gasteiger partial charge in [-0.15, -0.1) is 0 Å². The van der Waals surface area contributed by atoms with Gasteiger partial charge in [-0.2, -0.15) is 0 Å². The molecule has 9 heteroatoms. The van der Waals surface area contributed by atoms with Crippen LogP contribution in [0.25, 0.3) is 5.69 Å². The molecule has 1 fully saturated rings. The van der Waals surface area contributed by atoms with Crippen LogP contribution in [0.3, 0.4) is 0 Å². The molecule has 5 rings (SSSR count). The second kappa shape index (κ2) is 10.2. The van der Waals surface area contributed by atoms with Crippen LogP contribution in [0.5, 0.6) is 0 Å². The fourth-order valence-electron chi connectivity index (χ4n) is 4.42. The second-order valence-corrected chi connectivity index (χ2v) is 8.79. The highest BCUT2D eigenvalue weighted by molar-refractivity contribution is 7.80. The van der Waals surface area contributed by atoms with E-state index in [-0.39, 0.29) is 36.0 Å². The molecular weight excluding hydrogens is 480 g/mol. The predicted octanol–water partition coefficient (Wildman–Crippen LogP) is 5.15. The second-order valence-electron chi connectivity index (χ2n) is 8.40. The van der Waals surface area contributed by atoms with E-state index in [1.165, 1.54) is 36.4 Å². The molecule has 0 radical (unpaired) electrons. The molecule has 0 bridgehead atoms. The average Bonchev–Trinajstić information content (AvgIpc) is 3.49. The zero-order valence-electron chi connectivity index (χ0n) is 19.1. The number of amides is 1. The van der Waals surface area contributed by atoms with E-state index in [2.05, 4.69) is 15.6 Å². The molecule has 1 amide bonds. The van der Waals surface area contributed by atoms with Gasteiger partial charge in [0.1, 0.15) is 11.6 Å². The first kappa shape index (κ1) is 23.6. The van der Waals surface area contributed by atoms with Crippen molar-refractivity contribution in [1.82, 2.24) is 19.8 Å². The molecule has 1 aliphatic rings. The van der Waals surface area contributed by atoms with Crippen LogP contribution in [0, 0.1) is 11.6 Å². The standard InChI is InChI=1S/C27H23F2N5OS/c28-18-6-10-20(11-7-18)31-24(35)14-17-34-26(25(32-27(34)36)22-4-1-2-15-30-22)23-5-3-16-33(23)21-12-8-19(29)9-13-21/h1-13,15-16,25-26H,14,17H2,(H,31,35)(H,32,36). The first-order chi connectivity index (χ1) is 17.5. The summed E-state index contributed by atoms with van der Waals surface area (Å²) in [6.07, 6.45) is 3.82. The van der Waals surface area contributed by atoms with Crippen molar-refractivity contribution in [3.8, 4) is 5.69 Å². The third-order valence-corrected chi connectivity index (χ3v) is 6.45. The molecule has 2 N–H and O–H groups in total. The van der Waals surface area contributed by atoms with Gasteiger partial charge in [0.2, 0.25) is 5.91 Å². The quantitative estimate of drug-likeness (QED) is 0.342. The SMILES string of the molecule is O=C(CCN1C(=S)NC(c2ccccn2)C1c1cccn1-c1ccc(F)cc1)Nc1ccc(F)cc1. The summed E-state index contributed by atoms with van der Waals surface area (Å²) in [5.41, 5.74) is 3.07. The number of nitrogens with one attached hydrogen (secondary N) is 2. The fraction of sp³-hybridized carbons (Fsp3) is 0.148. The lowest BCUT2D eigenvalue weighted by Crippen LogP contribution is -2.33. The lowest BCUT2D eigenvalue weighted by molar-refractivity contribution is -0.116. The maximum atomic E-state index is 13.6. The summed E-state index contributed by atoms with van der Waals surface area (Å²) < 4.78 is 28.7. The maximum Gasteiger partial charge on any atom is 0.226 e. The van der Waals surface area contributed by atoms with E-state index in [0.29, 0.717) is 17.3 Å². The zero-order valence-corrected chi connectivity index (χ0v) is 20.0. The van der Waals surface area contributed by atoms with Gasteiger partial charge < -0.3 is 20.1 Å². The van der Waals surface area contributed by atoms with Gasteiger partial charge in [0.25, 0.3) is 0 Å². The van der Waals surface area contributed by atoms with E-state index < -0.39 is 0 Å². The molecule has 6 nitrogen and oxygen atoms in total. The van der Waals surface area contributed by atoms with Crippen molar-refractivity contribution in [1.29, 1.82) is 0 Å². The summed E-state index contributed by atoms with van der Waals surface area (Å²) in [6.45, 7) is 0.349. The summed E-state index contributed by atoms with van der Waals surface area (Å²) in [4.78, 5) is 19.2. The van der Waals surface area contributed by atoms with Gasteiger partial charge in [-0.1, -0.05) is 6.07 Å². The summed E-state index contributed by atoms with van der Waals surface area (Å²) in [7, 11) is 0. The van der Waals surface area contributed by atoms with E-state index in [1.54, 1.807) is 18.3 Å². The zero-order chi connectivity index (χ0) is 25.1. The first-order valence-electron chi connectivity index (χ1n) is 11.5. The largest absolute Gasteiger partial charge is 0.352 e. The Hall–Kier alpha value is -4.11. The van der Waals surface area contributed by atoms with Gasteiger partial charge in [-0.25, -0.2) is 8.78 Å². The average molecular weight is 504 g/mol. The molecule has 3 heterocycles. The first-order valence-corrected chi connectivity index (χ1v) is 11.9. The van der Waals surface area contributed by atoms with Gasteiger partial charge >= 0.3 is 0 Å². The number of rotatable bonds is 7. The minimum Gasteiger partial charge on any atom is -0.352 e. The van der Waals surface area contributed by atoms with E-state index in [4.69, 9.17) is 12.2 Å². The molecule has 36 heavy (non-hydrogen) atoms. The number of benzene rings is 2. The van der Waals surface area contributed by atoms with Crippen molar-refractivity contribution in [2.24, 2.45) is 0 Å². The van der Waals surface area contributed by atoms with Crippen LogP contribution < -0.4 is 10.6 Å². The van der Waals surface area contributed by atoms with Crippen LogP contribution >= 0.6 is 12.2 Å². The van der Waals surface area contributed by atoms with E-state index >= 15 is 0 Å². The number of anilines is 1. The van der Waals surface area contributed by atoms with E-state index in [9.17, 15) is 13.6 Å². The van der Waals surface area contributed by atoms with Crippen molar-refractivity contribution in [2.75, 3.05) is 11.9 Å². The van der Waals surface area contributed by atoms with Crippen molar-refractivity contribution >= 4 is 28.9 Å². The molecule has 0 saturated carbocycles. The van der Waals surface area contributed by atoms with Crippen LogP contribution in [0.4, 0.5) is 14.5 Å². The number of halogens is 2. The molecule has 2 unspecified atom stereocenters. The number of carbonyl (C=O) groups excluding carboxylic acids is 1. The molecule has 2 aromatic heterocycles. The van der Waals surface area contributed by atoms with Gasteiger partial charge in [-0.3, -0.25) is 9.78 Å². The summed E-state index contributed by atoms with van der Waals surface area (Å²) in [5, 5.41) is 6.68. The van der Waals surface area contributed by atoms with Crippen LogP contribution in [0.2, 0.25) is 0 Å². The third kappa shape index (κ3) is 4.96. The predicted molar refractivity (Wildman–Crippen MR) is 138 cm³/mol. The van der Waals surface area contributed by atoms with Gasteiger partial charge in [0.05, 0.1) is 17.8 Å². The molecular formula is C27H23F2N5OS. The van der Waals surface area contributed by atoms with Crippen molar-refractivity contribution < 1.29 is 13.6 Å². The number of hydrogen-bond acceptors (Lipinski definition) is 3. The van der Waals surface area contributed by atoms with Crippen molar-refractivity contribution in [3.63, 3.8) is 0 Å². The number of carbonyl (C=O) groups is 1. The van der Waals surface area contributed by atoms with Gasteiger partial charge in [-0.05, 0) is 85.0 Å². The molecule has 1 aliphatic heterocycles. The number of pyridine rings is 1. The number of aromatic nitrogens is 2. The Bertz CT molecular complexity index is 1360. The number of thiocarbonyl (C=S) groups is 1. The Balaban J connectivity index is 1.43. The molecule has 2 aromatic carbocycles. The molecule has 1 saturated heterocycles. The highest BCUT2D eigenvalue weighted by Crippen LogP contribution is 2.39. The number of hydrogen-bond donors (Lipinski definition) is 2. The Kier molecular flexibility index (Phi) is 6.73. The molecule has 0 aliphatic carbocycles. The summed E-state index contributed by atoms with van der Waals surface area (Å²) in [6, 6.07) is 21.0. The lowest BCUT2D eigenvalue weighted by Gasteiger charge is -2.28. The lowest BCUT2D eigenvalue weighted by atomic mass is 10.0. The molecule has 2 atom stereocenters. The molecule has 4 aromatic rings. The maximum absolute atomic E-state index is 13.6. The highest BCUT2D eigenvalue weighted by atomic mass is 32.1. The fourth-order valence-corrected chi connectivity index (χ4v) is 4.75. The Morgan fingerprint density at radius 3 is 2.39 bits per heavy atom.